The van der Waals surface area contributed by atoms with E-state index >= 15 is 0 Å². The predicted octanol–water partition coefficient (Wildman–Crippen LogP) is 4.28. The first-order valence-electron chi connectivity index (χ1n) is 6.41. The van der Waals surface area contributed by atoms with Gasteiger partial charge in [0.15, 0.2) is 11.2 Å². The Morgan fingerprint density at radius 3 is 2.35 bits per heavy atom. The van der Waals surface area contributed by atoms with Gasteiger partial charge in [0.25, 0.3) is 0 Å². The quantitative estimate of drug-likeness (QED) is 0.390. The minimum absolute atomic E-state index is 0.501. The molecule has 0 aliphatic rings. The van der Waals surface area contributed by atoms with Crippen molar-refractivity contribution in [2.24, 2.45) is 0 Å². The van der Waals surface area contributed by atoms with Gasteiger partial charge in [-0.15, -0.1) is 0 Å². The Morgan fingerprint density at radius 1 is 0.750 bits per heavy atom. The number of hydrogen-bond donors (Lipinski definition) is 0. The maximum atomic E-state index is 11.4. The SMILES string of the molecule is O=c1oc2cc3ccc4cccc5ccc(c2o1)c3c45. The molecule has 0 spiro atoms. The zero-order valence-electron chi connectivity index (χ0n) is 10.3. The van der Waals surface area contributed by atoms with Crippen molar-refractivity contribution < 1.29 is 8.83 Å². The predicted molar refractivity (Wildman–Crippen MR) is 78.5 cm³/mol. The van der Waals surface area contributed by atoms with Crippen LogP contribution in [0.2, 0.25) is 0 Å². The first kappa shape index (κ1) is 10.0. The Balaban J connectivity index is 2.25. The minimum Gasteiger partial charge on any atom is -0.391 e. The van der Waals surface area contributed by atoms with Crippen LogP contribution in [0.4, 0.5) is 0 Å². The lowest BCUT2D eigenvalue weighted by atomic mass is 9.94. The van der Waals surface area contributed by atoms with Crippen LogP contribution in [0.5, 0.6) is 0 Å². The van der Waals surface area contributed by atoms with Gasteiger partial charge in [0.05, 0.1) is 0 Å². The lowest BCUT2D eigenvalue weighted by Crippen LogP contribution is -1.84. The fraction of sp³-hybridized carbons (Fsp3) is 0. The molecule has 0 aliphatic carbocycles. The number of rotatable bonds is 0. The molecule has 94 valence electrons. The number of hydrogen-bond acceptors (Lipinski definition) is 3. The van der Waals surface area contributed by atoms with Crippen LogP contribution in [0.3, 0.4) is 0 Å². The summed E-state index contributed by atoms with van der Waals surface area (Å²) in [6, 6.07) is 16.3. The molecule has 0 amide bonds. The Kier molecular flexibility index (Phi) is 1.60. The summed E-state index contributed by atoms with van der Waals surface area (Å²) in [5.41, 5.74) is 1.03. The van der Waals surface area contributed by atoms with Crippen molar-refractivity contribution in [3.63, 3.8) is 0 Å². The standard InChI is InChI=1S/C17H8O3/c18-17-19-13-8-11-5-4-9-2-1-3-10-6-7-12(16(13)20-17)15(11)14(9)10/h1-8H. The van der Waals surface area contributed by atoms with Crippen LogP contribution in [0, 0.1) is 0 Å². The monoisotopic (exact) mass is 260 g/mol. The molecule has 5 aromatic rings. The summed E-state index contributed by atoms with van der Waals surface area (Å²) < 4.78 is 10.3. The Bertz CT molecular complexity index is 1150. The third-order valence-corrected chi connectivity index (χ3v) is 3.94. The van der Waals surface area contributed by atoms with Crippen LogP contribution in [-0.4, -0.2) is 0 Å². The molecular formula is C17H8O3. The second kappa shape index (κ2) is 3.20. The van der Waals surface area contributed by atoms with E-state index in [1.807, 2.05) is 12.1 Å². The largest absolute Gasteiger partial charge is 0.519 e. The summed E-state index contributed by atoms with van der Waals surface area (Å²) in [4.78, 5) is 11.4. The summed E-state index contributed by atoms with van der Waals surface area (Å²) in [5.74, 6) is -0.657. The molecule has 0 N–H and O–H groups in total. The first-order chi connectivity index (χ1) is 9.81. The van der Waals surface area contributed by atoms with Gasteiger partial charge < -0.3 is 8.83 Å². The fourth-order valence-electron chi connectivity index (χ4n) is 3.13. The summed E-state index contributed by atoms with van der Waals surface area (Å²) in [5, 5.41) is 6.68. The van der Waals surface area contributed by atoms with Gasteiger partial charge in [0.2, 0.25) is 0 Å². The van der Waals surface area contributed by atoms with Crippen LogP contribution in [0.15, 0.2) is 62.2 Å². The van der Waals surface area contributed by atoms with Gasteiger partial charge in [-0.05, 0) is 33.7 Å². The lowest BCUT2D eigenvalue weighted by Gasteiger charge is -2.09. The molecule has 3 nitrogen and oxygen atoms in total. The van der Waals surface area contributed by atoms with Gasteiger partial charge in [-0.3, -0.25) is 0 Å². The average molecular weight is 260 g/mol. The van der Waals surface area contributed by atoms with Crippen molar-refractivity contribution >= 4 is 43.5 Å². The topological polar surface area (TPSA) is 43.4 Å². The molecule has 0 saturated heterocycles. The fourth-order valence-corrected chi connectivity index (χ4v) is 3.13. The van der Waals surface area contributed by atoms with Crippen molar-refractivity contribution in [3.8, 4) is 0 Å². The van der Waals surface area contributed by atoms with Gasteiger partial charge in [-0.2, -0.15) is 0 Å². The van der Waals surface area contributed by atoms with Crippen LogP contribution in [-0.2, 0) is 0 Å². The molecule has 5 rings (SSSR count). The van der Waals surface area contributed by atoms with E-state index in [0.717, 1.165) is 16.2 Å². The average Bonchev–Trinajstić information content (AvgIpc) is 2.84. The zero-order chi connectivity index (χ0) is 13.3. The minimum atomic E-state index is -0.657. The van der Waals surface area contributed by atoms with Crippen LogP contribution in [0.1, 0.15) is 0 Å². The van der Waals surface area contributed by atoms with E-state index in [1.54, 1.807) is 0 Å². The maximum Gasteiger partial charge on any atom is 0.519 e. The van der Waals surface area contributed by atoms with E-state index in [0.29, 0.717) is 11.2 Å². The normalized spacial score (nSPS) is 12.2. The first-order valence-corrected chi connectivity index (χ1v) is 6.41. The molecule has 0 fully saturated rings. The van der Waals surface area contributed by atoms with Gasteiger partial charge in [0, 0.05) is 10.8 Å². The Morgan fingerprint density at radius 2 is 1.50 bits per heavy atom. The van der Waals surface area contributed by atoms with Crippen molar-refractivity contribution in [2.45, 2.75) is 0 Å². The number of fused-ring (bicyclic) bond motifs is 2. The van der Waals surface area contributed by atoms with Crippen LogP contribution >= 0.6 is 0 Å². The van der Waals surface area contributed by atoms with E-state index < -0.39 is 5.82 Å². The van der Waals surface area contributed by atoms with Crippen molar-refractivity contribution in [2.75, 3.05) is 0 Å². The highest BCUT2D eigenvalue weighted by Crippen LogP contribution is 2.37. The van der Waals surface area contributed by atoms with Crippen molar-refractivity contribution in [3.05, 3.63) is 59.1 Å². The highest BCUT2D eigenvalue weighted by Gasteiger charge is 2.14. The van der Waals surface area contributed by atoms with Gasteiger partial charge in [0.1, 0.15) is 0 Å². The second-order valence-electron chi connectivity index (χ2n) is 5.01. The van der Waals surface area contributed by atoms with E-state index in [4.69, 9.17) is 8.83 Å². The molecule has 3 heteroatoms. The third-order valence-electron chi connectivity index (χ3n) is 3.94. The molecule has 1 aromatic heterocycles. The van der Waals surface area contributed by atoms with Crippen molar-refractivity contribution in [1.82, 2.24) is 0 Å². The molecule has 0 saturated carbocycles. The maximum absolute atomic E-state index is 11.4. The van der Waals surface area contributed by atoms with Crippen LogP contribution in [0.25, 0.3) is 43.5 Å². The highest BCUT2D eigenvalue weighted by atomic mass is 16.6. The van der Waals surface area contributed by atoms with E-state index in [9.17, 15) is 4.79 Å². The molecule has 4 aromatic carbocycles. The summed E-state index contributed by atoms with van der Waals surface area (Å²) in [6.07, 6.45) is 0. The molecule has 1 heterocycles. The zero-order valence-corrected chi connectivity index (χ0v) is 10.3. The smallest absolute Gasteiger partial charge is 0.391 e. The van der Waals surface area contributed by atoms with Crippen molar-refractivity contribution in [1.29, 1.82) is 0 Å². The molecule has 0 atom stereocenters. The Labute approximate surface area is 112 Å². The molecule has 0 radical (unpaired) electrons. The van der Waals surface area contributed by atoms with Gasteiger partial charge in [-0.1, -0.05) is 36.4 Å². The molecule has 0 bridgehead atoms. The summed E-state index contributed by atoms with van der Waals surface area (Å²) in [6.45, 7) is 0. The molecule has 0 aliphatic heterocycles. The summed E-state index contributed by atoms with van der Waals surface area (Å²) >= 11 is 0. The van der Waals surface area contributed by atoms with Crippen LogP contribution < -0.4 is 5.82 Å². The van der Waals surface area contributed by atoms with Gasteiger partial charge in [-0.25, -0.2) is 4.79 Å². The van der Waals surface area contributed by atoms with E-state index in [1.165, 1.54) is 16.2 Å². The second-order valence-corrected chi connectivity index (χ2v) is 5.01. The number of benzene rings is 4. The lowest BCUT2D eigenvalue weighted by molar-refractivity contribution is 0.410. The summed E-state index contributed by atoms with van der Waals surface area (Å²) in [7, 11) is 0. The van der Waals surface area contributed by atoms with Gasteiger partial charge >= 0.3 is 5.82 Å². The van der Waals surface area contributed by atoms with E-state index in [2.05, 4.69) is 36.4 Å². The highest BCUT2D eigenvalue weighted by molar-refractivity contribution is 6.27. The molecule has 20 heavy (non-hydrogen) atoms. The third kappa shape index (κ3) is 1.08. The molecule has 0 unspecified atom stereocenters. The molecular weight excluding hydrogens is 252 g/mol. The van der Waals surface area contributed by atoms with E-state index in [-0.39, 0.29) is 0 Å². The Hall–Kier alpha value is -2.81.